The number of hydrogen-bond acceptors (Lipinski definition) is 3. The average molecular weight is 261 g/mol. The standard InChI is InChI=1S/C15H23N3O/c1-18(2)15(19)12-7-3-4-8-14(12)17-13-9-5-6-11(13)10-16/h3-4,7-8,11,13,17H,5-6,9-10,16H2,1-2H3. The third-order valence-corrected chi connectivity index (χ3v) is 3.87. The first-order valence-electron chi connectivity index (χ1n) is 6.90. The highest BCUT2D eigenvalue weighted by atomic mass is 16.2. The Morgan fingerprint density at radius 3 is 2.79 bits per heavy atom. The summed E-state index contributed by atoms with van der Waals surface area (Å²) in [6.45, 7) is 0.710. The number of hydrogen-bond donors (Lipinski definition) is 2. The monoisotopic (exact) mass is 261 g/mol. The number of nitrogens with two attached hydrogens (primary N) is 1. The molecule has 2 rings (SSSR count). The molecular formula is C15H23N3O. The molecule has 2 unspecified atom stereocenters. The molecule has 0 spiro atoms. The molecule has 1 fully saturated rings. The molecule has 0 heterocycles. The Balaban J connectivity index is 2.18. The smallest absolute Gasteiger partial charge is 0.255 e. The van der Waals surface area contributed by atoms with E-state index in [4.69, 9.17) is 5.73 Å². The highest BCUT2D eigenvalue weighted by Crippen LogP contribution is 2.29. The molecule has 0 saturated heterocycles. The van der Waals surface area contributed by atoms with Crippen LogP contribution in [0.1, 0.15) is 29.6 Å². The number of benzene rings is 1. The number of nitrogens with zero attached hydrogens (tertiary/aromatic N) is 1. The van der Waals surface area contributed by atoms with Gasteiger partial charge in [0, 0.05) is 25.8 Å². The maximum absolute atomic E-state index is 12.2. The summed E-state index contributed by atoms with van der Waals surface area (Å²) in [7, 11) is 3.55. The molecule has 1 aromatic rings. The normalized spacial score (nSPS) is 22.3. The van der Waals surface area contributed by atoms with Crippen molar-refractivity contribution in [3.63, 3.8) is 0 Å². The van der Waals surface area contributed by atoms with Crippen molar-refractivity contribution in [3.05, 3.63) is 29.8 Å². The van der Waals surface area contributed by atoms with Gasteiger partial charge < -0.3 is 16.0 Å². The molecule has 0 radical (unpaired) electrons. The minimum atomic E-state index is 0.0328. The van der Waals surface area contributed by atoms with E-state index in [-0.39, 0.29) is 5.91 Å². The second-order valence-corrected chi connectivity index (χ2v) is 5.42. The van der Waals surface area contributed by atoms with Crippen molar-refractivity contribution < 1.29 is 4.79 Å². The molecule has 2 atom stereocenters. The lowest BCUT2D eigenvalue weighted by Gasteiger charge is -2.23. The van der Waals surface area contributed by atoms with Gasteiger partial charge in [-0.15, -0.1) is 0 Å². The predicted octanol–water partition coefficient (Wildman–Crippen LogP) is 1.93. The van der Waals surface area contributed by atoms with E-state index in [1.807, 2.05) is 24.3 Å². The first kappa shape index (κ1) is 13.9. The van der Waals surface area contributed by atoms with Crippen LogP contribution in [0.4, 0.5) is 5.69 Å². The summed E-state index contributed by atoms with van der Waals surface area (Å²) in [6, 6.07) is 8.10. The number of carbonyl (C=O) groups is 1. The van der Waals surface area contributed by atoms with Gasteiger partial charge in [-0.25, -0.2) is 0 Å². The third kappa shape index (κ3) is 3.07. The van der Waals surface area contributed by atoms with E-state index < -0.39 is 0 Å². The van der Waals surface area contributed by atoms with Crippen LogP contribution in [-0.2, 0) is 0 Å². The summed E-state index contributed by atoms with van der Waals surface area (Å²) >= 11 is 0. The molecule has 4 heteroatoms. The summed E-state index contributed by atoms with van der Waals surface area (Å²) in [5.74, 6) is 0.549. The Labute approximate surface area is 115 Å². The third-order valence-electron chi connectivity index (χ3n) is 3.87. The zero-order valence-electron chi connectivity index (χ0n) is 11.7. The molecular weight excluding hydrogens is 238 g/mol. The predicted molar refractivity (Wildman–Crippen MR) is 78.3 cm³/mol. The summed E-state index contributed by atoms with van der Waals surface area (Å²) in [5, 5.41) is 3.52. The summed E-state index contributed by atoms with van der Waals surface area (Å²) in [5.41, 5.74) is 7.46. The SMILES string of the molecule is CN(C)C(=O)c1ccccc1NC1CCCC1CN. The lowest BCUT2D eigenvalue weighted by Crippen LogP contribution is -2.31. The first-order valence-corrected chi connectivity index (χ1v) is 6.90. The number of anilines is 1. The van der Waals surface area contributed by atoms with E-state index in [0.717, 1.165) is 17.7 Å². The largest absolute Gasteiger partial charge is 0.381 e. The Bertz CT molecular complexity index is 445. The zero-order valence-corrected chi connectivity index (χ0v) is 11.7. The second kappa shape index (κ2) is 6.06. The van der Waals surface area contributed by atoms with E-state index in [2.05, 4.69) is 5.32 Å². The van der Waals surface area contributed by atoms with Gasteiger partial charge in [-0.1, -0.05) is 18.6 Å². The van der Waals surface area contributed by atoms with Crippen molar-refractivity contribution in [3.8, 4) is 0 Å². The molecule has 1 aliphatic carbocycles. The summed E-state index contributed by atoms with van der Waals surface area (Å²) < 4.78 is 0. The fourth-order valence-corrected chi connectivity index (χ4v) is 2.75. The molecule has 1 aliphatic rings. The minimum Gasteiger partial charge on any atom is -0.381 e. The van der Waals surface area contributed by atoms with Gasteiger partial charge >= 0.3 is 0 Å². The van der Waals surface area contributed by atoms with Crippen LogP contribution in [0.2, 0.25) is 0 Å². The highest BCUT2D eigenvalue weighted by molar-refractivity contribution is 5.99. The van der Waals surface area contributed by atoms with E-state index in [1.165, 1.54) is 12.8 Å². The number of rotatable bonds is 4. The fraction of sp³-hybridized carbons (Fsp3) is 0.533. The molecule has 4 nitrogen and oxygen atoms in total. The van der Waals surface area contributed by atoms with Gasteiger partial charge in [0.15, 0.2) is 0 Å². The molecule has 1 amide bonds. The van der Waals surface area contributed by atoms with Gasteiger partial charge in [-0.3, -0.25) is 4.79 Å². The maximum atomic E-state index is 12.2. The van der Waals surface area contributed by atoms with Crippen molar-refractivity contribution in [2.24, 2.45) is 11.7 Å². The first-order chi connectivity index (χ1) is 9.13. The molecule has 0 bridgehead atoms. The average Bonchev–Trinajstić information content (AvgIpc) is 2.85. The lowest BCUT2D eigenvalue weighted by molar-refractivity contribution is 0.0828. The van der Waals surface area contributed by atoms with Crippen LogP contribution < -0.4 is 11.1 Å². The molecule has 19 heavy (non-hydrogen) atoms. The van der Waals surface area contributed by atoms with Crippen molar-refractivity contribution in [1.29, 1.82) is 0 Å². The van der Waals surface area contributed by atoms with Crippen molar-refractivity contribution in [1.82, 2.24) is 4.90 Å². The quantitative estimate of drug-likeness (QED) is 0.870. The molecule has 1 aromatic carbocycles. The molecule has 0 aromatic heterocycles. The Kier molecular flexibility index (Phi) is 4.43. The number of para-hydroxylation sites is 1. The van der Waals surface area contributed by atoms with E-state index in [9.17, 15) is 4.79 Å². The van der Waals surface area contributed by atoms with Crippen LogP contribution in [0.15, 0.2) is 24.3 Å². The van der Waals surface area contributed by atoms with Gasteiger partial charge in [0.1, 0.15) is 0 Å². The van der Waals surface area contributed by atoms with Crippen LogP contribution >= 0.6 is 0 Å². The number of amides is 1. The topological polar surface area (TPSA) is 58.4 Å². The second-order valence-electron chi connectivity index (χ2n) is 5.42. The Morgan fingerprint density at radius 1 is 1.37 bits per heavy atom. The summed E-state index contributed by atoms with van der Waals surface area (Å²) in [6.07, 6.45) is 3.52. The van der Waals surface area contributed by atoms with Crippen molar-refractivity contribution >= 4 is 11.6 Å². The number of carbonyl (C=O) groups excluding carboxylic acids is 1. The van der Waals surface area contributed by atoms with E-state index in [1.54, 1.807) is 19.0 Å². The molecule has 1 saturated carbocycles. The van der Waals surface area contributed by atoms with Gasteiger partial charge in [0.2, 0.25) is 0 Å². The van der Waals surface area contributed by atoms with E-state index in [0.29, 0.717) is 18.5 Å². The highest BCUT2D eigenvalue weighted by Gasteiger charge is 2.27. The maximum Gasteiger partial charge on any atom is 0.255 e. The minimum absolute atomic E-state index is 0.0328. The van der Waals surface area contributed by atoms with Crippen LogP contribution in [0, 0.1) is 5.92 Å². The van der Waals surface area contributed by atoms with Crippen LogP contribution in [0.25, 0.3) is 0 Å². The molecule has 0 aliphatic heterocycles. The van der Waals surface area contributed by atoms with Gasteiger partial charge in [0.25, 0.3) is 5.91 Å². The number of nitrogens with one attached hydrogen (secondary N) is 1. The van der Waals surface area contributed by atoms with Crippen LogP contribution in [0.3, 0.4) is 0 Å². The van der Waals surface area contributed by atoms with E-state index >= 15 is 0 Å². The van der Waals surface area contributed by atoms with Crippen LogP contribution in [0.5, 0.6) is 0 Å². The van der Waals surface area contributed by atoms with Crippen LogP contribution in [-0.4, -0.2) is 37.5 Å². The molecule has 3 N–H and O–H groups in total. The Morgan fingerprint density at radius 2 is 2.11 bits per heavy atom. The van der Waals surface area contributed by atoms with Crippen molar-refractivity contribution in [2.45, 2.75) is 25.3 Å². The summed E-state index contributed by atoms with van der Waals surface area (Å²) in [4.78, 5) is 13.8. The lowest BCUT2D eigenvalue weighted by atomic mass is 10.0. The Hall–Kier alpha value is -1.55. The van der Waals surface area contributed by atoms with Gasteiger partial charge in [0.05, 0.1) is 5.56 Å². The zero-order chi connectivity index (χ0) is 13.8. The fourth-order valence-electron chi connectivity index (χ4n) is 2.75. The van der Waals surface area contributed by atoms with Gasteiger partial charge in [-0.2, -0.15) is 0 Å². The van der Waals surface area contributed by atoms with Gasteiger partial charge in [-0.05, 0) is 37.4 Å². The van der Waals surface area contributed by atoms with Crippen molar-refractivity contribution in [2.75, 3.05) is 26.0 Å². The molecule has 104 valence electrons.